The number of nitrogens with one attached hydrogen (secondary N) is 1. The van der Waals surface area contributed by atoms with Crippen molar-refractivity contribution in [1.29, 1.82) is 0 Å². The van der Waals surface area contributed by atoms with E-state index in [0.29, 0.717) is 29.2 Å². The second-order valence-corrected chi connectivity index (χ2v) is 14.4. The largest absolute Gasteiger partial charge is 0.487 e. The average Bonchev–Trinajstić information content (AvgIpc) is 2.98. The van der Waals surface area contributed by atoms with E-state index < -0.39 is 21.2 Å². The van der Waals surface area contributed by atoms with Crippen LogP contribution in [0.5, 0.6) is 5.75 Å². The van der Waals surface area contributed by atoms with Gasteiger partial charge in [-0.3, -0.25) is 4.79 Å². The fourth-order valence-electron chi connectivity index (χ4n) is 6.34. The van der Waals surface area contributed by atoms with Crippen LogP contribution in [0.2, 0.25) is 5.02 Å². The first kappa shape index (κ1) is 30.9. The molecule has 0 unspecified atom stereocenters. The van der Waals surface area contributed by atoms with Gasteiger partial charge in [0, 0.05) is 43.3 Å². The maximum atomic E-state index is 13.3. The first-order valence-electron chi connectivity index (χ1n) is 14.9. The number of hydrogen-bond donors (Lipinski definition) is 2. The molecule has 3 aliphatic rings. The van der Waals surface area contributed by atoms with Crippen molar-refractivity contribution in [3.8, 4) is 5.75 Å². The predicted octanol–water partition coefficient (Wildman–Crippen LogP) is 5.12. The number of aliphatic hydroxyl groups excluding tert-OH is 1. The lowest BCUT2D eigenvalue weighted by molar-refractivity contribution is 0.0132. The molecule has 0 radical (unpaired) electrons. The number of ether oxygens (including phenoxy) is 2. The monoisotopic (exact) mass is 616 g/mol. The number of nitrogens with zero attached hydrogens (tertiary/aromatic N) is 1. The van der Waals surface area contributed by atoms with Gasteiger partial charge < -0.3 is 19.5 Å². The Balaban J connectivity index is 1.54. The molecule has 0 saturated heterocycles. The second-order valence-electron chi connectivity index (χ2n) is 11.8. The van der Waals surface area contributed by atoms with E-state index in [9.17, 15) is 18.3 Å². The molecule has 2 bridgehead atoms. The summed E-state index contributed by atoms with van der Waals surface area (Å²) in [6, 6.07) is 11.0. The van der Waals surface area contributed by atoms with E-state index in [0.717, 1.165) is 56.4 Å². The Morgan fingerprint density at radius 1 is 1.12 bits per heavy atom. The number of anilines is 1. The molecule has 0 aromatic heterocycles. The highest BCUT2D eigenvalue weighted by atomic mass is 35.5. The van der Waals surface area contributed by atoms with E-state index in [2.05, 4.69) is 9.62 Å². The molecule has 8 nitrogen and oxygen atoms in total. The Labute approximate surface area is 254 Å². The van der Waals surface area contributed by atoms with Crippen molar-refractivity contribution in [2.75, 3.05) is 31.7 Å². The maximum absolute atomic E-state index is 13.3. The summed E-state index contributed by atoms with van der Waals surface area (Å²) in [4.78, 5) is 15.6. The minimum absolute atomic E-state index is 0.137. The highest BCUT2D eigenvalue weighted by Gasteiger charge is 2.38. The Morgan fingerprint density at radius 2 is 1.95 bits per heavy atom. The quantitative estimate of drug-likeness (QED) is 0.451. The van der Waals surface area contributed by atoms with Crippen LogP contribution in [0.1, 0.15) is 60.5 Å². The first-order valence-corrected chi connectivity index (χ1v) is 16.8. The lowest BCUT2D eigenvalue weighted by Gasteiger charge is -2.43. The number of aryl methyl sites for hydroxylation is 1. The Kier molecular flexibility index (Phi) is 9.82. The third-order valence-electron chi connectivity index (χ3n) is 9.07. The Bertz CT molecular complexity index is 1410. The van der Waals surface area contributed by atoms with Gasteiger partial charge in [0.05, 0.1) is 17.0 Å². The fourth-order valence-corrected chi connectivity index (χ4v) is 7.61. The summed E-state index contributed by atoms with van der Waals surface area (Å²) in [5, 5.41) is 9.80. The van der Waals surface area contributed by atoms with Gasteiger partial charge >= 0.3 is 0 Å². The van der Waals surface area contributed by atoms with Crippen LogP contribution in [-0.4, -0.2) is 57.6 Å². The zero-order valence-corrected chi connectivity index (χ0v) is 25.9. The van der Waals surface area contributed by atoms with Crippen molar-refractivity contribution in [2.24, 2.45) is 17.8 Å². The summed E-state index contributed by atoms with van der Waals surface area (Å²) in [6.07, 6.45) is 8.77. The van der Waals surface area contributed by atoms with Crippen LogP contribution < -0.4 is 14.4 Å². The van der Waals surface area contributed by atoms with Crippen LogP contribution in [0.4, 0.5) is 5.69 Å². The molecule has 2 aromatic rings. The SMILES string of the molecule is CO[C@H]1/C=C/[C@H](CO)C[C@H](C)S(=O)(=O)NC(=O)c2ccc3c(c2)N(CCCCc2cc(Cl)ccc2CO3)C[C@@H]2CC[C@H]21. The van der Waals surface area contributed by atoms with Gasteiger partial charge in [-0.25, -0.2) is 13.1 Å². The van der Waals surface area contributed by atoms with Crippen molar-refractivity contribution >= 4 is 33.2 Å². The van der Waals surface area contributed by atoms with Crippen molar-refractivity contribution in [2.45, 2.75) is 63.4 Å². The van der Waals surface area contributed by atoms with Crippen molar-refractivity contribution in [3.05, 3.63) is 70.3 Å². The summed E-state index contributed by atoms with van der Waals surface area (Å²) in [7, 11) is -2.29. The smallest absolute Gasteiger partial charge is 0.264 e. The molecule has 1 amide bonds. The van der Waals surface area contributed by atoms with E-state index in [-0.39, 0.29) is 30.6 Å². The molecule has 1 saturated carbocycles. The molecular formula is C32H41ClN2O6S. The highest BCUT2D eigenvalue weighted by molar-refractivity contribution is 7.90. The average molecular weight is 617 g/mol. The topological polar surface area (TPSA) is 105 Å². The van der Waals surface area contributed by atoms with Gasteiger partial charge in [0.2, 0.25) is 10.0 Å². The number of fused-ring (bicyclic) bond motifs is 3. The van der Waals surface area contributed by atoms with E-state index >= 15 is 0 Å². The van der Waals surface area contributed by atoms with Crippen LogP contribution in [0, 0.1) is 17.8 Å². The molecule has 1 aliphatic carbocycles. The normalized spacial score (nSPS) is 29.0. The Morgan fingerprint density at radius 3 is 2.69 bits per heavy atom. The van der Waals surface area contributed by atoms with Crippen LogP contribution in [0.25, 0.3) is 0 Å². The number of hydrogen-bond acceptors (Lipinski definition) is 7. The number of benzene rings is 2. The number of rotatable bonds is 2. The summed E-state index contributed by atoms with van der Waals surface area (Å²) in [6.45, 7) is 3.25. The molecular weight excluding hydrogens is 576 g/mol. The first-order chi connectivity index (χ1) is 20.2. The standard InChI is InChI=1S/C32H41ClN2O6S/c1-21-15-22(19-36)6-12-30(40-2)28-11-8-25(28)18-35-14-4-3-5-23-16-27(33)10-7-26(23)20-41-31-13-9-24(17-29(31)35)32(37)34-42(21,38)39/h6-7,9-10,12-13,16-17,21-22,25,28,30,36H,3-5,8,11,14-15,18-20H2,1-2H3,(H,34,37)/b12-6+/t21-,22-,25-,28+,30-/m0/s1. The lowest BCUT2D eigenvalue weighted by Crippen LogP contribution is -2.44. The van der Waals surface area contributed by atoms with Gasteiger partial charge in [0.25, 0.3) is 5.91 Å². The molecule has 228 valence electrons. The number of aliphatic hydroxyl groups is 1. The summed E-state index contributed by atoms with van der Waals surface area (Å²) >= 11 is 6.31. The van der Waals surface area contributed by atoms with E-state index in [1.54, 1.807) is 32.2 Å². The van der Waals surface area contributed by atoms with Crippen molar-refractivity contribution < 1.29 is 27.8 Å². The third-order valence-corrected chi connectivity index (χ3v) is 11.0. The van der Waals surface area contributed by atoms with Gasteiger partial charge in [-0.2, -0.15) is 0 Å². The predicted molar refractivity (Wildman–Crippen MR) is 165 cm³/mol. The van der Waals surface area contributed by atoms with Gasteiger partial charge in [0.1, 0.15) is 12.4 Å². The lowest BCUT2D eigenvalue weighted by atomic mass is 9.70. The Hall–Kier alpha value is -2.59. The van der Waals surface area contributed by atoms with Crippen LogP contribution in [0.3, 0.4) is 0 Å². The number of methoxy groups -OCH3 is 1. The third kappa shape index (κ3) is 6.96. The summed E-state index contributed by atoms with van der Waals surface area (Å²) in [5.41, 5.74) is 3.29. The van der Waals surface area contributed by atoms with Crippen molar-refractivity contribution in [1.82, 2.24) is 4.72 Å². The van der Waals surface area contributed by atoms with E-state index in [1.165, 1.54) is 5.56 Å². The molecule has 0 spiro atoms. The number of halogens is 1. The molecule has 1 fully saturated rings. The van der Waals surface area contributed by atoms with Gasteiger partial charge in [0.15, 0.2) is 0 Å². The molecule has 10 heteroatoms. The van der Waals surface area contributed by atoms with E-state index in [1.807, 2.05) is 30.4 Å². The molecule has 5 atom stereocenters. The minimum Gasteiger partial charge on any atom is -0.487 e. The molecule has 42 heavy (non-hydrogen) atoms. The van der Waals surface area contributed by atoms with Crippen LogP contribution in [-0.2, 0) is 27.8 Å². The number of amides is 1. The van der Waals surface area contributed by atoms with Gasteiger partial charge in [-0.05, 0) is 98.7 Å². The van der Waals surface area contributed by atoms with Crippen molar-refractivity contribution in [3.63, 3.8) is 0 Å². The maximum Gasteiger partial charge on any atom is 0.264 e. The number of carbonyl (C=O) groups is 1. The zero-order chi connectivity index (χ0) is 29.9. The number of carbonyl (C=O) groups excluding carboxylic acids is 1. The van der Waals surface area contributed by atoms with E-state index in [4.69, 9.17) is 21.1 Å². The molecule has 2 N–H and O–H groups in total. The molecule has 2 aromatic carbocycles. The minimum atomic E-state index is -3.99. The zero-order valence-electron chi connectivity index (χ0n) is 24.3. The van der Waals surface area contributed by atoms with Gasteiger partial charge in [-0.15, -0.1) is 0 Å². The van der Waals surface area contributed by atoms with Crippen LogP contribution >= 0.6 is 11.6 Å². The second kappa shape index (κ2) is 13.4. The molecule has 2 aliphatic heterocycles. The summed E-state index contributed by atoms with van der Waals surface area (Å²) in [5.74, 6) is 0.259. The fraction of sp³-hybridized carbons (Fsp3) is 0.531. The van der Waals surface area contributed by atoms with Crippen LogP contribution in [0.15, 0.2) is 48.6 Å². The molecule has 5 rings (SSSR count). The highest BCUT2D eigenvalue weighted by Crippen LogP contribution is 2.41. The molecule has 2 heterocycles. The number of sulfonamides is 1. The van der Waals surface area contributed by atoms with Gasteiger partial charge in [-0.1, -0.05) is 29.8 Å². The summed E-state index contributed by atoms with van der Waals surface area (Å²) < 4.78 is 40.8.